The highest BCUT2D eigenvalue weighted by molar-refractivity contribution is 7.10. The van der Waals surface area contributed by atoms with E-state index >= 15 is 0 Å². The molecule has 2 aliphatic rings. The molecule has 0 unspecified atom stereocenters. The summed E-state index contributed by atoms with van der Waals surface area (Å²) in [6.07, 6.45) is 2.17. The van der Waals surface area contributed by atoms with Crippen molar-refractivity contribution in [2.75, 3.05) is 14.1 Å². The lowest BCUT2D eigenvalue weighted by atomic mass is 9.78. The summed E-state index contributed by atoms with van der Waals surface area (Å²) in [7, 11) is 3.75. The van der Waals surface area contributed by atoms with Crippen LogP contribution in [0.15, 0.2) is 34.1 Å². The summed E-state index contributed by atoms with van der Waals surface area (Å²) >= 11 is 1.59. The number of hydrogen-bond acceptors (Lipinski definition) is 6. The first kappa shape index (κ1) is 15.8. The molecule has 1 aliphatic carbocycles. The second-order valence-corrected chi connectivity index (χ2v) is 7.06. The van der Waals surface area contributed by atoms with Gasteiger partial charge in [0.15, 0.2) is 5.78 Å². The van der Waals surface area contributed by atoms with Gasteiger partial charge in [0, 0.05) is 36.7 Å². The molecule has 0 amide bonds. The molecule has 23 heavy (non-hydrogen) atoms. The first-order chi connectivity index (χ1) is 11.0. The van der Waals surface area contributed by atoms with Gasteiger partial charge < -0.3 is 5.73 Å². The largest absolute Gasteiger partial charge is 0.383 e. The molecule has 0 saturated carbocycles. The fraction of sp³-hybridized carbons (Fsp3) is 0.412. The number of nitriles is 1. The maximum atomic E-state index is 12.7. The Labute approximate surface area is 140 Å². The average molecular weight is 328 g/mol. The van der Waals surface area contributed by atoms with Crippen LogP contribution in [0.3, 0.4) is 0 Å². The first-order valence-electron chi connectivity index (χ1n) is 7.64. The van der Waals surface area contributed by atoms with Crippen LogP contribution >= 0.6 is 11.3 Å². The van der Waals surface area contributed by atoms with Crippen molar-refractivity contribution in [2.45, 2.75) is 32.1 Å². The lowest BCUT2D eigenvalue weighted by Crippen LogP contribution is -2.45. The molecule has 120 valence electrons. The summed E-state index contributed by atoms with van der Waals surface area (Å²) in [4.78, 5) is 13.8. The Balaban J connectivity index is 2.28. The molecule has 1 aliphatic heterocycles. The van der Waals surface area contributed by atoms with E-state index in [1.165, 1.54) is 0 Å². The molecule has 0 spiro atoms. The van der Waals surface area contributed by atoms with Crippen LogP contribution in [0.4, 0.5) is 0 Å². The fourth-order valence-electron chi connectivity index (χ4n) is 3.47. The van der Waals surface area contributed by atoms with Crippen LogP contribution in [-0.2, 0) is 4.79 Å². The van der Waals surface area contributed by atoms with Gasteiger partial charge in [-0.05, 0) is 36.8 Å². The van der Waals surface area contributed by atoms with E-state index < -0.39 is 0 Å². The molecular formula is C17H20N4OS. The molecular weight excluding hydrogens is 308 g/mol. The Morgan fingerprint density at radius 1 is 1.43 bits per heavy atom. The van der Waals surface area contributed by atoms with Crippen molar-refractivity contribution in [3.05, 3.63) is 44.6 Å². The number of hydrogen-bond donors (Lipinski definition) is 1. The van der Waals surface area contributed by atoms with E-state index in [2.05, 4.69) is 6.07 Å². The minimum absolute atomic E-state index is 0.135. The van der Waals surface area contributed by atoms with E-state index in [-0.39, 0.29) is 11.7 Å². The number of thiophene rings is 1. The van der Waals surface area contributed by atoms with Crippen LogP contribution < -0.4 is 5.73 Å². The normalized spacial score (nSPS) is 21.8. The standard InChI is InChI=1S/C17H20N4OS/c1-10-7-8-23-16(10)14-11(9-18)17(19)21(20(2)3)12-5-4-6-13(22)15(12)14/h7-8,14H,4-6,19H2,1-3H3/t14-/m1/s1. The van der Waals surface area contributed by atoms with Crippen molar-refractivity contribution >= 4 is 17.1 Å². The summed E-state index contributed by atoms with van der Waals surface area (Å²) in [6.45, 7) is 2.02. The van der Waals surface area contributed by atoms with Crippen LogP contribution in [0.2, 0.25) is 0 Å². The van der Waals surface area contributed by atoms with Crippen LogP contribution in [0, 0.1) is 18.3 Å². The SMILES string of the molecule is Cc1ccsc1[C@@H]1C(C#N)=C(N)N(N(C)C)C2=C1C(=O)CCC2. The molecule has 0 radical (unpaired) electrons. The van der Waals surface area contributed by atoms with Gasteiger partial charge in [0.1, 0.15) is 5.82 Å². The maximum Gasteiger partial charge on any atom is 0.161 e. The monoisotopic (exact) mass is 328 g/mol. The van der Waals surface area contributed by atoms with Crippen molar-refractivity contribution in [1.82, 2.24) is 10.0 Å². The predicted octanol–water partition coefficient (Wildman–Crippen LogP) is 2.63. The van der Waals surface area contributed by atoms with Gasteiger partial charge in [-0.15, -0.1) is 11.3 Å². The highest BCUT2D eigenvalue weighted by atomic mass is 32.1. The first-order valence-corrected chi connectivity index (χ1v) is 8.52. The number of nitrogens with zero attached hydrogens (tertiary/aromatic N) is 3. The number of aryl methyl sites for hydroxylation is 1. The molecule has 0 saturated heterocycles. The average Bonchev–Trinajstić information content (AvgIpc) is 2.91. The van der Waals surface area contributed by atoms with Crippen LogP contribution in [0.5, 0.6) is 0 Å². The molecule has 1 aromatic heterocycles. The molecule has 5 nitrogen and oxygen atoms in total. The van der Waals surface area contributed by atoms with Crippen LogP contribution in [-0.4, -0.2) is 29.9 Å². The fourth-order valence-corrected chi connectivity index (χ4v) is 4.51. The molecule has 1 aromatic rings. The Bertz CT molecular complexity index is 766. The third kappa shape index (κ3) is 2.37. The third-order valence-electron chi connectivity index (χ3n) is 4.45. The summed E-state index contributed by atoms with van der Waals surface area (Å²) in [6, 6.07) is 4.29. The van der Waals surface area contributed by atoms with E-state index in [4.69, 9.17) is 5.73 Å². The molecule has 2 N–H and O–H groups in total. The number of rotatable bonds is 2. The Hall–Kier alpha value is -2.10. The van der Waals surface area contributed by atoms with Crippen LogP contribution in [0.1, 0.15) is 35.6 Å². The van der Waals surface area contributed by atoms with E-state index in [0.29, 0.717) is 17.8 Å². The Morgan fingerprint density at radius 3 is 2.74 bits per heavy atom. The van der Waals surface area contributed by atoms with Crippen molar-refractivity contribution in [1.29, 1.82) is 5.26 Å². The Kier molecular flexibility index (Phi) is 4.00. The maximum absolute atomic E-state index is 12.7. The highest BCUT2D eigenvalue weighted by Crippen LogP contribution is 2.46. The Morgan fingerprint density at radius 2 is 2.17 bits per heavy atom. The summed E-state index contributed by atoms with van der Waals surface area (Å²) < 4.78 is 0. The zero-order chi connectivity index (χ0) is 16.7. The van der Waals surface area contributed by atoms with Crippen molar-refractivity contribution < 1.29 is 4.79 Å². The van der Waals surface area contributed by atoms with Crippen LogP contribution in [0.25, 0.3) is 0 Å². The minimum Gasteiger partial charge on any atom is -0.383 e. The van der Waals surface area contributed by atoms with Gasteiger partial charge in [0.2, 0.25) is 0 Å². The lowest BCUT2D eigenvalue weighted by molar-refractivity contribution is -0.116. The summed E-state index contributed by atoms with van der Waals surface area (Å²) in [5, 5.41) is 15.4. The van der Waals surface area contributed by atoms with E-state index in [0.717, 1.165) is 34.6 Å². The number of nitrogens with two attached hydrogens (primary N) is 1. The molecule has 1 atom stereocenters. The number of allylic oxidation sites excluding steroid dienone is 3. The van der Waals surface area contributed by atoms with Gasteiger partial charge in [-0.25, -0.2) is 5.01 Å². The minimum atomic E-state index is -0.320. The molecule has 0 bridgehead atoms. The zero-order valence-electron chi connectivity index (χ0n) is 13.6. The lowest BCUT2D eigenvalue weighted by Gasteiger charge is -2.42. The second kappa shape index (κ2) is 5.84. The van der Waals surface area contributed by atoms with Crippen molar-refractivity contribution in [3.63, 3.8) is 0 Å². The third-order valence-corrected chi connectivity index (χ3v) is 5.53. The quantitative estimate of drug-likeness (QED) is 0.903. The number of Topliss-reactive ketones (excluding diaryl/α,β-unsaturated/α-hetero) is 1. The second-order valence-electron chi connectivity index (χ2n) is 6.11. The van der Waals surface area contributed by atoms with Crippen molar-refractivity contribution in [2.24, 2.45) is 5.73 Å². The molecule has 6 heteroatoms. The van der Waals surface area contributed by atoms with Gasteiger partial charge in [-0.3, -0.25) is 9.80 Å². The smallest absolute Gasteiger partial charge is 0.161 e. The van der Waals surface area contributed by atoms with E-state index in [1.807, 2.05) is 42.5 Å². The van der Waals surface area contributed by atoms with Crippen molar-refractivity contribution in [3.8, 4) is 6.07 Å². The number of carbonyl (C=O) groups excluding carboxylic acids is 1. The van der Waals surface area contributed by atoms with Gasteiger partial charge in [-0.2, -0.15) is 5.26 Å². The predicted molar refractivity (Wildman–Crippen MR) is 90.0 cm³/mol. The molecule has 0 fully saturated rings. The molecule has 0 aromatic carbocycles. The van der Waals surface area contributed by atoms with Gasteiger partial charge >= 0.3 is 0 Å². The van der Waals surface area contributed by atoms with E-state index in [1.54, 1.807) is 11.3 Å². The van der Waals surface area contributed by atoms with Gasteiger partial charge in [0.05, 0.1) is 17.6 Å². The molecule has 3 rings (SSSR count). The number of ketones is 1. The number of hydrazine groups is 1. The molecule has 2 heterocycles. The zero-order valence-corrected chi connectivity index (χ0v) is 14.4. The highest BCUT2D eigenvalue weighted by Gasteiger charge is 2.41. The van der Waals surface area contributed by atoms with Gasteiger partial charge in [-0.1, -0.05) is 0 Å². The topological polar surface area (TPSA) is 73.4 Å². The van der Waals surface area contributed by atoms with Gasteiger partial charge in [0.25, 0.3) is 0 Å². The summed E-state index contributed by atoms with van der Waals surface area (Å²) in [5.41, 5.74) is 9.60. The van der Waals surface area contributed by atoms with E-state index in [9.17, 15) is 10.1 Å². The summed E-state index contributed by atoms with van der Waals surface area (Å²) in [5.74, 6) is 0.249. The number of carbonyl (C=O) groups is 1.